The Morgan fingerprint density at radius 2 is 2.00 bits per heavy atom. The Hall–Kier alpha value is -0.830. The van der Waals surface area contributed by atoms with Crippen LogP contribution in [0.15, 0.2) is 0 Å². The fourth-order valence-corrected chi connectivity index (χ4v) is 2.56. The molecule has 1 atom stereocenters. The van der Waals surface area contributed by atoms with Crippen LogP contribution in [0.4, 0.5) is 5.82 Å². The molecule has 1 aliphatic heterocycles. The number of aryl methyl sites for hydroxylation is 2. The largest absolute Gasteiger partial charge is 0.351 e. The molecule has 1 unspecified atom stereocenters. The quantitative estimate of drug-likeness (QED) is 0.794. The van der Waals surface area contributed by atoms with Crippen molar-refractivity contribution in [3.05, 3.63) is 16.5 Å². The first-order valence-electron chi connectivity index (χ1n) is 5.91. The lowest BCUT2D eigenvalue weighted by molar-refractivity contribution is 0.638. The van der Waals surface area contributed by atoms with E-state index in [-0.39, 0.29) is 0 Å². The van der Waals surface area contributed by atoms with E-state index in [9.17, 15) is 0 Å². The van der Waals surface area contributed by atoms with Gasteiger partial charge in [-0.25, -0.2) is 9.97 Å². The molecule has 1 aromatic rings. The molecule has 0 aromatic carbocycles. The van der Waals surface area contributed by atoms with Gasteiger partial charge in [0.25, 0.3) is 0 Å². The van der Waals surface area contributed by atoms with Crippen LogP contribution < -0.4 is 4.90 Å². The van der Waals surface area contributed by atoms with E-state index in [2.05, 4.69) is 21.8 Å². The molecule has 2 rings (SSSR count). The van der Waals surface area contributed by atoms with E-state index in [1.807, 2.05) is 13.8 Å². The first-order valence-corrected chi connectivity index (χ1v) is 6.28. The summed E-state index contributed by atoms with van der Waals surface area (Å²) < 4.78 is 0. The third-order valence-corrected chi connectivity index (χ3v) is 3.62. The first-order chi connectivity index (χ1) is 7.63. The number of hydrogen-bond acceptors (Lipinski definition) is 3. The van der Waals surface area contributed by atoms with Gasteiger partial charge in [-0.15, -0.1) is 0 Å². The highest BCUT2D eigenvalue weighted by Crippen LogP contribution is 2.30. The number of nitrogens with zero attached hydrogens (tertiary/aromatic N) is 3. The second kappa shape index (κ2) is 4.58. The molecular weight excluding hydrogens is 222 g/mol. The summed E-state index contributed by atoms with van der Waals surface area (Å²) in [4.78, 5) is 11.2. The van der Waals surface area contributed by atoms with Crippen molar-refractivity contribution in [1.82, 2.24) is 9.97 Å². The van der Waals surface area contributed by atoms with E-state index < -0.39 is 0 Å². The van der Waals surface area contributed by atoms with Gasteiger partial charge < -0.3 is 4.90 Å². The summed E-state index contributed by atoms with van der Waals surface area (Å²) in [5.41, 5.74) is 1.89. The molecule has 0 radical (unpaired) electrons. The molecule has 4 heteroatoms. The van der Waals surface area contributed by atoms with E-state index in [0.29, 0.717) is 11.2 Å². The molecular formula is C12H18ClN3. The number of anilines is 1. The van der Waals surface area contributed by atoms with Gasteiger partial charge >= 0.3 is 0 Å². The minimum atomic E-state index is 0.545. The van der Waals surface area contributed by atoms with Crippen LogP contribution >= 0.6 is 11.6 Å². The molecule has 1 aromatic heterocycles. The second-order valence-corrected chi connectivity index (χ2v) is 4.76. The highest BCUT2D eigenvalue weighted by atomic mass is 35.5. The van der Waals surface area contributed by atoms with Crippen LogP contribution in [0.2, 0.25) is 5.15 Å². The number of hydrogen-bond donors (Lipinski definition) is 0. The normalized spacial score (nSPS) is 20.5. The Morgan fingerprint density at radius 3 is 2.69 bits per heavy atom. The van der Waals surface area contributed by atoms with Gasteiger partial charge in [0.2, 0.25) is 0 Å². The summed E-state index contributed by atoms with van der Waals surface area (Å²) in [6.45, 7) is 7.19. The van der Waals surface area contributed by atoms with Gasteiger partial charge in [-0.3, -0.25) is 0 Å². The molecule has 0 spiro atoms. The van der Waals surface area contributed by atoms with Crippen molar-refractivity contribution in [2.24, 2.45) is 0 Å². The lowest BCUT2D eigenvalue weighted by Crippen LogP contribution is -2.30. The van der Waals surface area contributed by atoms with Gasteiger partial charge in [-0.1, -0.05) is 18.5 Å². The van der Waals surface area contributed by atoms with Crippen LogP contribution in [0.5, 0.6) is 0 Å². The Labute approximate surface area is 102 Å². The van der Waals surface area contributed by atoms with Gasteiger partial charge in [-0.2, -0.15) is 0 Å². The fraction of sp³-hybridized carbons (Fsp3) is 0.667. The summed E-state index contributed by atoms with van der Waals surface area (Å²) in [5, 5.41) is 0.545. The lowest BCUT2D eigenvalue weighted by atomic mass is 10.2. The minimum Gasteiger partial charge on any atom is -0.351 e. The van der Waals surface area contributed by atoms with Gasteiger partial charge in [0, 0.05) is 12.6 Å². The minimum absolute atomic E-state index is 0.545. The van der Waals surface area contributed by atoms with Gasteiger partial charge in [0.1, 0.15) is 0 Å². The van der Waals surface area contributed by atoms with E-state index in [4.69, 9.17) is 11.6 Å². The third-order valence-electron chi connectivity index (χ3n) is 3.37. The zero-order valence-corrected chi connectivity index (χ0v) is 10.9. The zero-order valence-electron chi connectivity index (χ0n) is 10.1. The standard InChI is InChI=1S/C12H18ClN3/c1-4-10-6-5-7-16(10)12-11(13)14-8(2)9(3)15-12/h10H,4-7H2,1-3H3. The van der Waals surface area contributed by atoms with Crippen molar-refractivity contribution in [1.29, 1.82) is 0 Å². The maximum absolute atomic E-state index is 6.19. The number of aromatic nitrogens is 2. The van der Waals surface area contributed by atoms with Crippen molar-refractivity contribution >= 4 is 17.4 Å². The van der Waals surface area contributed by atoms with Gasteiger partial charge in [0.15, 0.2) is 11.0 Å². The summed E-state index contributed by atoms with van der Waals surface area (Å²) >= 11 is 6.19. The van der Waals surface area contributed by atoms with Gasteiger partial charge in [-0.05, 0) is 33.1 Å². The number of rotatable bonds is 2. The Balaban J connectivity index is 2.36. The molecule has 2 heterocycles. The average molecular weight is 240 g/mol. The highest BCUT2D eigenvalue weighted by Gasteiger charge is 2.26. The van der Waals surface area contributed by atoms with Crippen LogP contribution in [-0.2, 0) is 0 Å². The average Bonchev–Trinajstić information content (AvgIpc) is 2.71. The van der Waals surface area contributed by atoms with E-state index in [1.165, 1.54) is 12.8 Å². The topological polar surface area (TPSA) is 29.0 Å². The summed E-state index contributed by atoms with van der Waals surface area (Å²) in [5.74, 6) is 0.870. The molecule has 1 saturated heterocycles. The Kier molecular flexibility index (Phi) is 3.33. The summed E-state index contributed by atoms with van der Waals surface area (Å²) in [7, 11) is 0. The molecule has 1 fully saturated rings. The monoisotopic (exact) mass is 239 g/mol. The molecule has 0 aliphatic carbocycles. The smallest absolute Gasteiger partial charge is 0.171 e. The third kappa shape index (κ3) is 2.01. The highest BCUT2D eigenvalue weighted by molar-refractivity contribution is 6.31. The van der Waals surface area contributed by atoms with Crippen molar-refractivity contribution in [2.75, 3.05) is 11.4 Å². The molecule has 88 valence electrons. The van der Waals surface area contributed by atoms with E-state index >= 15 is 0 Å². The van der Waals surface area contributed by atoms with Crippen LogP contribution in [0.25, 0.3) is 0 Å². The molecule has 16 heavy (non-hydrogen) atoms. The van der Waals surface area contributed by atoms with E-state index in [1.54, 1.807) is 0 Å². The maximum Gasteiger partial charge on any atom is 0.171 e. The predicted octanol–water partition coefficient (Wildman–Crippen LogP) is 3.13. The van der Waals surface area contributed by atoms with Crippen LogP contribution in [-0.4, -0.2) is 22.6 Å². The first kappa shape index (κ1) is 11.6. The lowest BCUT2D eigenvalue weighted by Gasteiger charge is -2.25. The second-order valence-electron chi connectivity index (χ2n) is 4.41. The fourth-order valence-electron chi connectivity index (χ4n) is 2.29. The Morgan fingerprint density at radius 1 is 1.31 bits per heavy atom. The van der Waals surface area contributed by atoms with Crippen LogP contribution in [0.1, 0.15) is 37.6 Å². The molecule has 0 saturated carbocycles. The zero-order chi connectivity index (χ0) is 11.7. The maximum atomic E-state index is 6.19. The Bertz CT molecular complexity index is 392. The van der Waals surface area contributed by atoms with E-state index in [0.717, 1.165) is 30.2 Å². The summed E-state index contributed by atoms with van der Waals surface area (Å²) in [6.07, 6.45) is 3.61. The molecule has 0 N–H and O–H groups in total. The van der Waals surface area contributed by atoms with Crippen molar-refractivity contribution < 1.29 is 0 Å². The number of halogens is 1. The molecule has 1 aliphatic rings. The SMILES string of the molecule is CCC1CCCN1c1nc(C)c(C)nc1Cl. The molecule has 3 nitrogen and oxygen atoms in total. The predicted molar refractivity (Wildman–Crippen MR) is 67.2 cm³/mol. The van der Waals surface area contributed by atoms with Crippen LogP contribution in [0.3, 0.4) is 0 Å². The van der Waals surface area contributed by atoms with Crippen molar-refractivity contribution in [3.8, 4) is 0 Å². The van der Waals surface area contributed by atoms with Gasteiger partial charge in [0.05, 0.1) is 11.4 Å². The van der Waals surface area contributed by atoms with Crippen molar-refractivity contribution in [2.45, 2.75) is 46.1 Å². The molecule has 0 amide bonds. The molecule has 0 bridgehead atoms. The van der Waals surface area contributed by atoms with Crippen LogP contribution in [0, 0.1) is 13.8 Å². The summed E-state index contributed by atoms with van der Waals surface area (Å²) in [6, 6.07) is 0.578. The van der Waals surface area contributed by atoms with Crippen molar-refractivity contribution in [3.63, 3.8) is 0 Å².